The van der Waals surface area contributed by atoms with Crippen LogP contribution in [0, 0.1) is 13.8 Å². The summed E-state index contributed by atoms with van der Waals surface area (Å²) in [5, 5.41) is 7.26. The van der Waals surface area contributed by atoms with Crippen molar-refractivity contribution < 1.29 is 18.8 Å². The normalized spacial score (nSPS) is 10.8. The van der Waals surface area contributed by atoms with Gasteiger partial charge < -0.3 is 14.6 Å². The van der Waals surface area contributed by atoms with Gasteiger partial charge in [-0.05, 0) is 31.9 Å². The molecular formula is C26H25N3O4. The molecule has 0 spiro atoms. The number of pyridine rings is 1. The summed E-state index contributed by atoms with van der Waals surface area (Å²) in [4.78, 5) is 29.4. The zero-order valence-corrected chi connectivity index (χ0v) is 18.6. The van der Waals surface area contributed by atoms with Crippen LogP contribution in [0.3, 0.4) is 0 Å². The van der Waals surface area contributed by atoms with E-state index in [1.54, 1.807) is 13.0 Å². The Bertz CT molecular complexity index is 1260. The Labute approximate surface area is 191 Å². The number of carbonyl (C=O) groups is 2. The average Bonchev–Trinajstić information content (AvgIpc) is 3.22. The Hall–Kier alpha value is -4.00. The van der Waals surface area contributed by atoms with Crippen molar-refractivity contribution in [3.8, 4) is 11.3 Å². The summed E-state index contributed by atoms with van der Waals surface area (Å²) in [5.41, 5.74) is 4.93. The van der Waals surface area contributed by atoms with Gasteiger partial charge in [0.1, 0.15) is 6.61 Å². The number of amides is 1. The lowest BCUT2D eigenvalue weighted by molar-refractivity contribution is -0.121. The van der Waals surface area contributed by atoms with Crippen LogP contribution in [0.25, 0.3) is 22.4 Å². The third kappa shape index (κ3) is 5.44. The van der Waals surface area contributed by atoms with Crippen LogP contribution < -0.4 is 5.32 Å². The maximum Gasteiger partial charge on any atom is 0.339 e. The molecule has 0 aliphatic rings. The van der Waals surface area contributed by atoms with E-state index < -0.39 is 5.97 Å². The quantitative estimate of drug-likeness (QED) is 0.320. The van der Waals surface area contributed by atoms with Crippen molar-refractivity contribution in [1.29, 1.82) is 0 Å². The molecule has 2 aromatic heterocycles. The fraction of sp³-hybridized carbons (Fsp3) is 0.231. The molecule has 1 N–H and O–H groups in total. The number of nitrogens with one attached hydrogen (secondary N) is 1. The minimum absolute atomic E-state index is 0.0594. The van der Waals surface area contributed by atoms with E-state index in [0.717, 1.165) is 11.1 Å². The number of ether oxygens (including phenoxy) is 1. The highest BCUT2D eigenvalue weighted by Gasteiger charge is 2.20. The van der Waals surface area contributed by atoms with Gasteiger partial charge in [-0.25, -0.2) is 9.78 Å². The molecule has 0 radical (unpaired) electrons. The van der Waals surface area contributed by atoms with Crippen LogP contribution in [0.2, 0.25) is 0 Å². The van der Waals surface area contributed by atoms with Gasteiger partial charge in [0.15, 0.2) is 0 Å². The Morgan fingerprint density at radius 2 is 1.79 bits per heavy atom. The van der Waals surface area contributed by atoms with E-state index in [1.807, 2.05) is 61.5 Å². The van der Waals surface area contributed by atoms with E-state index in [4.69, 9.17) is 9.26 Å². The molecular weight excluding hydrogens is 418 g/mol. The standard InChI is InChI=1S/C26H25N3O4/c1-17-8-10-19(11-9-17)12-13-23(30)27-14-15-32-26(31)21-16-22(20-6-4-3-5-7-20)28-25-24(21)18(2)29-33-25/h3-11,16H,12-15H2,1-2H3,(H,27,30). The van der Waals surface area contributed by atoms with Crippen LogP contribution in [0.15, 0.2) is 65.2 Å². The number of nitrogens with zero attached hydrogens (tertiary/aromatic N) is 2. The number of aromatic nitrogens is 2. The molecule has 0 atom stereocenters. The van der Waals surface area contributed by atoms with Gasteiger partial charge in [-0.15, -0.1) is 0 Å². The predicted octanol–water partition coefficient (Wildman–Crippen LogP) is 4.41. The second-order valence-corrected chi connectivity index (χ2v) is 7.84. The second-order valence-electron chi connectivity index (χ2n) is 7.84. The molecule has 0 saturated heterocycles. The number of hydrogen-bond donors (Lipinski definition) is 1. The number of aryl methyl sites for hydroxylation is 3. The SMILES string of the molecule is Cc1ccc(CCC(=O)NCCOC(=O)c2cc(-c3ccccc3)nc3onc(C)c23)cc1. The zero-order chi connectivity index (χ0) is 23.2. The van der Waals surface area contributed by atoms with Crippen LogP contribution in [0.5, 0.6) is 0 Å². The summed E-state index contributed by atoms with van der Waals surface area (Å²) in [6.07, 6.45) is 1.04. The van der Waals surface area contributed by atoms with Crippen molar-refractivity contribution >= 4 is 23.0 Å². The lowest BCUT2D eigenvalue weighted by Gasteiger charge is -2.09. The maximum absolute atomic E-state index is 12.8. The first-order valence-corrected chi connectivity index (χ1v) is 10.8. The van der Waals surface area contributed by atoms with Crippen LogP contribution in [0.1, 0.15) is 33.6 Å². The minimum Gasteiger partial charge on any atom is -0.460 e. The third-order valence-electron chi connectivity index (χ3n) is 5.33. The number of hydrogen-bond acceptors (Lipinski definition) is 6. The molecule has 1 amide bonds. The monoisotopic (exact) mass is 443 g/mol. The van der Waals surface area contributed by atoms with Gasteiger partial charge in [-0.2, -0.15) is 0 Å². The Kier molecular flexibility index (Phi) is 6.78. The van der Waals surface area contributed by atoms with Crippen molar-refractivity contribution in [3.63, 3.8) is 0 Å². The van der Waals surface area contributed by atoms with Crippen molar-refractivity contribution in [2.24, 2.45) is 0 Å². The van der Waals surface area contributed by atoms with Crippen LogP contribution >= 0.6 is 0 Å². The Morgan fingerprint density at radius 3 is 2.55 bits per heavy atom. The van der Waals surface area contributed by atoms with E-state index in [9.17, 15) is 9.59 Å². The van der Waals surface area contributed by atoms with Crippen LogP contribution in [-0.4, -0.2) is 35.2 Å². The number of esters is 1. The first-order chi connectivity index (χ1) is 16.0. The highest BCUT2D eigenvalue weighted by molar-refractivity contribution is 6.04. The molecule has 168 valence electrons. The maximum atomic E-state index is 12.8. The molecule has 33 heavy (non-hydrogen) atoms. The zero-order valence-electron chi connectivity index (χ0n) is 18.6. The van der Waals surface area contributed by atoms with E-state index in [2.05, 4.69) is 15.5 Å². The molecule has 0 fully saturated rings. The van der Waals surface area contributed by atoms with E-state index >= 15 is 0 Å². The van der Waals surface area contributed by atoms with Gasteiger partial charge in [0.05, 0.1) is 28.9 Å². The summed E-state index contributed by atoms with van der Waals surface area (Å²) in [6, 6.07) is 19.3. The van der Waals surface area contributed by atoms with Gasteiger partial charge in [0.2, 0.25) is 5.91 Å². The highest BCUT2D eigenvalue weighted by Crippen LogP contribution is 2.27. The lowest BCUT2D eigenvalue weighted by atomic mass is 10.1. The molecule has 0 aliphatic carbocycles. The molecule has 0 unspecified atom stereocenters. The highest BCUT2D eigenvalue weighted by atomic mass is 16.5. The largest absolute Gasteiger partial charge is 0.460 e. The summed E-state index contributed by atoms with van der Waals surface area (Å²) in [5.74, 6) is -0.598. The molecule has 0 aliphatic heterocycles. The molecule has 4 rings (SSSR count). The Balaban J connectivity index is 1.35. The fourth-order valence-corrected chi connectivity index (χ4v) is 3.53. The van der Waals surface area contributed by atoms with Gasteiger partial charge in [-0.1, -0.05) is 65.3 Å². The van der Waals surface area contributed by atoms with Gasteiger partial charge in [0.25, 0.3) is 5.71 Å². The molecule has 2 heterocycles. The number of benzene rings is 2. The van der Waals surface area contributed by atoms with Crippen molar-refractivity contribution in [2.75, 3.05) is 13.2 Å². The predicted molar refractivity (Wildman–Crippen MR) is 125 cm³/mol. The second kappa shape index (κ2) is 10.1. The summed E-state index contributed by atoms with van der Waals surface area (Å²) in [6.45, 7) is 4.08. The first kappa shape index (κ1) is 22.2. The van der Waals surface area contributed by atoms with Gasteiger partial charge in [-0.3, -0.25) is 4.79 Å². The van der Waals surface area contributed by atoms with Crippen molar-refractivity contribution in [3.05, 3.63) is 83.0 Å². The first-order valence-electron chi connectivity index (χ1n) is 10.8. The fourth-order valence-electron chi connectivity index (χ4n) is 3.53. The summed E-state index contributed by atoms with van der Waals surface area (Å²) in [7, 11) is 0. The molecule has 4 aromatic rings. The summed E-state index contributed by atoms with van der Waals surface area (Å²) >= 11 is 0. The number of rotatable bonds is 8. The lowest BCUT2D eigenvalue weighted by Crippen LogP contribution is -2.28. The number of carbonyl (C=O) groups excluding carboxylic acids is 2. The van der Waals surface area contributed by atoms with Crippen LogP contribution in [0.4, 0.5) is 0 Å². The van der Waals surface area contributed by atoms with E-state index in [0.29, 0.717) is 35.2 Å². The molecule has 0 saturated carbocycles. The molecule has 0 bridgehead atoms. The molecule has 7 heteroatoms. The van der Waals surface area contributed by atoms with Gasteiger partial charge in [0, 0.05) is 12.0 Å². The van der Waals surface area contributed by atoms with Crippen molar-refractivity contribution in [2.45, 2.75) is 26.7 Å². The van der Waals surface area contributed by atoms with Crippen LogP contribution in [-0.2, 0) is 16.0 Å². The molecule has 7 nitrogen and oxygen atoms in total. The smallest absolute Gasteiger partial charge is 0.339 e. The summed E-state index contributed by atoms with van der Waals surface area (Å²) < 4.78 is 10.7. The van der Waals surface area contributed by atoms with E-state index in [1.165, 1.54) is 5.56 Å². The topological polar surface area (TPSA) is 94.3 Å². The van der Waals surface area contributed by atoms with Crippen molar-refractivity contribution in [1.82, 2.24) is 15.5 Å². The average molecular weight is 444 g/mol. The third-order valence-corrected chi connectivity index (χ3v) is 5.33. The van der Waals surface area contributed by atoms with Gasteiger partial charge >= 0.3 is 5.97 Å². The molecule has 2 aromatic carbocycles. The minimum atomic E-state index is -0.514. The number of fused-ring (bicyclic) bond motifs is 1. The Morgan fingerprint density at radius 1 is 1.03 bits per heavy atom. The van der Waals surface area contributed by atoms with E-state index in [-0.39, 0.29) is 24.8 Å².